The van der Waals surface area contributed by atoms with Crippen LogP contribution in [0.5, 0.6) is 0 Å². The van der Waals surface area contributed by atoms with Crippen molar-refractivity contribution in [1.29, 1.82) is 5.26 Å². The summed E-state index contributed by atoms with van der Waals surface area (Å²) in [5, 5.41) is 23.2. The van der Waals surface area contributed by atoms with Crippen molar-refractivity contribution in [3.63, 3.8) is 0 Å². The smallest absolute Gasteiger partial charge is 0.344 e. The molecule has 3 rings (SSSR count). The highest BCUT2D eigenvalue weighted by molar-refractivity contribution is 5.77. The molecule has 1 N–H and O–H groups in total. The van der Waals surface area contributed by atoms with Gasteiger partial charge in [-0.25, -0.2) is 13.6 Å². The number of pyridine rings is 1. The van der Waals surface area contributed by atoms with E-state index in [9.17, 15) is 23.9 Å². The van der Waals surface area contributed by atoms with Gasteiger partial charge in [0.25, 0.3) is 0 Å². The van der Waals surface area contributed by atoms with Crippen molar-refractivity contribution in [3.05, 3.63) is 70.7 Å². The second-order valence-electron chi connectivity index (χ2n) is 6.94. The lowest BCUT2D eigenvalue weighted by Gasteiger charge is -2.17. The molecule has 0 radical (unpaired) electrons. The quantitative estimate of drug-likeness (QED) is 0.711. The number of aromatic nitrogens is 3. The van der Waals surface area contributed by atoms with Crippen molar-refractivity contribution in [2.45, 2.75) is 19.4 Å². The molecule has 154 valence electrons. The molecule has 3 aromatic rings. The van der Waals surface area contributed by atoms with Crippen LogP contribution in [0.3, 0.4) is 0 Å². The molecule has 0 saturated heterocycles. The minimum absolute atomic E-state index is 0.0208. The molecule has 0 bridgehead atoms. The maximum atomic E-state index is 14.7. The molecular weight excluding hydrogens is 392 g/mol. The Kier molecular flexibility index (Phi) is 5.89. The lowest BCUT2D eigenvalue weighted by molar-refractivity contribution is 0.199. The Morgan fingerprint density at radius 1 is 1.33 bits per heavy atom. The number of hydrogen-bond donors (Lipinski definition) is 1. The molecule has 7 nitrogen and oxygen atoms in total. The van der Waals surface area contributed by atoms with Crippen LogP contribution in [0.25, 0.3) is 11.3 Å². The number of carbonyl (C=O) groups excluding carboxylic acids is 1. The Morgan fingerprint density at radius 2 is 2.07 bits per heavy atom. The van der Waals surface area contributed by atoms with Gasteiger partial charge in [0.15, 0.2) is 5.69 Å². The summed E-state index contributed by atoms with van der Waals surface area (Å²) in [6.07, 6.45) is 0.426. The second kappa shape index (κ2) is 8.39. The lowest BCUT2D eigenvalue weighted by Crippen LogP contribution is -2.29. The first kappa shape index (κ1) is 21.1. The molecule has 0 aliphatic heterocycles. The van der Waals surface area contributed by atoms with Crippen LogP contribution in [-0.2, 0) is 6.42 Å². The summed E-state index contributed by atoms with van der Waals surface area (Å²) in [5.41, 5.74) is 1.22. The highest BCUT2D eigenvalue weighted by Gasteiger charge is 2.22. The normalized spacial score (nSPS) is 11.8. The van der Waals surface area contributed by atoms with Gasteiger partial charge < -0.3 is 10.0 Å². The molecule has 0 unspecified atom stereocenters. The number of aliphatic hydroxyl groups is 1. The molecule has 1 aromatic carbocycles. The molecule has 1 amide bonds. The molecule has 0 aliphatic carbocycles. The topological polar surface area (TPSA) is 95.0 Å². The van der Waals surface area contributed by atoms with Gasteiger partial charge in [-0.1, -0.05) is 6.07 Å². The number of hydrogen-bond acceptors (Lipinski definition) is 5. The fourth-order valence-corrected chi connectivity index (χ4v) is 3.13. The molecule has 9 heteroatoms. The van der Waals surface area contributed by atoms with E-state index in [2.05, 4.69) is 10.1 Å². The second-order valence-corrected chi connectivity index (χ2v) is 6.94. The Labute approximate surface area is 171 Å². The SMILES string of the molecule is C[C@@H](O)c1cc(F)cc(F)c1-c1ncccc1Cc1cc(C#N)nn1C(=O)N(C)C. The maximum Gasteiger partial charge on any atom is 0.344 e. The maximum absolute atomic E-state index is 14.7. The summed E-state index contributed by atoms with van der Waals surface area (Å²) in [6.45, 7) is 1.41. The summed E-state index contributed by atoms with van der Waals surface area (Å²) >= 11 is 0. The van der Waals surface area contributed by atoms with E-state index in [1.54, 1.807) is 26.2 Å². The summed E-state index contributed by atoms with van der Waals surface area (Å²) in [7, 11) is 3.11. The average Bonchev–Trinajstić information content (AvgIpc) is 3.10. The van der Waals surface area contributed by atoms with Crippen LogP contribution in [0, 0.1) is 23.0 Å². The number of aliphatic hydroxyl groups excluding tert-OH is 1. The Bertz CT molecular complexity index is 1150. The molecule has 2 heterocycles. The number of carbonyl (C=O) groups is 1. The third-order valence-corrected chi connectivity index (χ3v) is 4.50. The van der Waals surface area contributed by atoms with Gasteiger partial charge in [-0.15, -0.1) is 0 Å². The fourth-order valence-electron chi connectivity index (χ4n) is 3.13. The summed E-state index contributed by atoms with van der Waals surface area (Å²) in [4.78, 5) is 18.0. The lowest BCUT2D eigenvalue weighted by atomic mass is 9.95. The van der Waals surface area contributed by atoms with Crippen molar-refractivity contribution in [1.82, 2.24) is 19.7 Å². The van der Waals surface area contributed by atoms with E-state index in [1.165, 1.54) is 24.1 Å². The average molecular weight is 411 g/mol. The van der Waals surface area contributed by atoms with Gasteiger partial charge in [-0.05, 0) is 36.2 Å². The Morgan fingerprint density at radius 3 is 2.70 bits per heavy atom. The van der Waals surface area contributed by atoms with Crippen LogP contribution in [-0.4, -0.2) is 44.9 Å². The number of nitriles is 1. The molecular formula is C21H19F2N5O2. The van der Waals surface area contributed by atoms with Crippen molar-refractivity contribution < 1.29 is 18.7 Å². The number of amides is 1. The molecule has 2 aromatic heterocycles. The van der Waals surface area contributed by atoms with Gasteiger partial charge in [0.1, 0.15) is 17.7 Å². The number of rotatable bonds is 4. The first-order chi connectivity index (χ1) is 14.2. The van der Waals surface area contributed by atoms with E-state index in [0.717, 1.165) is 16.8 Å². The molecule has 0 spiro atoms. The standard InChI is InChI=1S/C21H19F2N5O2/c1-12(29)17-8-14(22)9-18(23)19(17)20-13(5-4-6-25-20)7-16-10-15(11-24)26-28(16)21(30)27(2)3/h4-6,8-10,12,29H,7H2,1-3H3/t12-/m1/s1. The number of benzene rings is 1. The van der Waals surface area contributed by atoms with Crippen LogP contribution in [0.2, 0.25) is 0 Å². The zero-order valence-electron chi connectivity index (χ0n) is 16.6. The minimum Gasteiger partial charge on any atom is -0.389 e. The van der Waals surface area contributed by atoms with Crippen molar-refractivity contribution in [3.8, 4) is 17.3 Å². The largest absolute Gasteiger partial charge is 0.389 e. The number of halogens is 2. The Balaban J connectivity index is 2.15. The van der Waals surface area contributed by atoms with Crippen LogP contribution >= 0.6 is 0 Å². The van der Waals surface area contributed by atoms with Crippen molar-refractivity contribution in [2.75, 3.05) is 14.1 Å². The zero-order valence-corrected chi connectivity index (χ0v) is 16.6. The van der Waals surface area contributed by atoms with E-state index < -0.39 is 23.8 Å². The fraction of sp³-hybridized carbons (Fsp3) is 0.238. The van der Waals surface area contributed by atoms with E-state index >= 15 is 0 Å². The Hall–Kier alpha value is -3.64. The van der Waals surface area contributed by atoms with E-state index in [4.69, 9.17) is 0 Å². The van der Waals surface area contributed by atoms with E-state index in [0.29, 0.717) is 11.3 Å². The van der Waals surface area contributed by atoms with E-state index in [1.807, 2.05) is 6.07 Å². The molecule has 0 saturated carbocycles. The van der Waals surface area contributed by atoms with Gasteiger partial charge in [0.2, 0.25) is 0 Å². The van der Waals surface area contributed by atoms with Crippen LogP contribution in [0.15, 0.2) is 36.5 Å². The van der Waals surface area contributed by atoms with Gasteiger partial charge in [-0.2, -0.15) is 15.0 Å². The highest BCUT2D eigenvalue weighted by atomic mass is 19.1. The van der Waals surface area contributed by atoms with Crippen molar-refractivity contribution in [2.24, 2.45) is 0 Å². The molecule has 30 heavy (non-hydrogen) atoms. The van der Waals surface area contributed by atoms with Crippen LogP contribution < -0.4 is 0 Å². The predicted molar refractivity (Wildman–Crippen MR) is 104 cm³/mol. The molecule has 0 aliphatic rings. The first-order valence-electron chi connectivity index (χ1n) is 9.05. The van der Waals surface area contributed by atoms with Gasteiger partial charge in [-0.3, -0.25) is 4.98 Å². The highest BCUT2D eigenvalue weighted by Crippen LogP contribution is 2.33. The van der Waals surface area contributed by atoms with E-state index in [-0.39, 0.29) is 28.9 Å². The van der Waals surface area contributed by atoms with Crippen LogP contribution in [0.1, 0.15) is 35.5 Å². The zero-order chi connectivity index (χ0) is 22.0. The van der Waals surface area contributed by atoms with Gasteiger partial charge in [0.05, 0.1) is 17.5 Å². The predicted octanol–water partition coefficient (Wildman–Crippen LogP) is 3.27. The minimum atomic E-state index is -1.13. The number of nitrogens with zero attached hydrogens (tertiary/aromatic N) is 5. The van der Waals surface area contributed by atoms with Crippen LogP contribution in [0.4, 0.5) is 13.6 Å². The summed E-state index contributed by atoms with van der Waals surface area (Å²) in [5.74, 6) is -1.67. The molecule has 1 atom stereocenters. The van der Waals surface area contributed by atoms with Crippen molar-refractivity contribution >= 4 is 6.03 Å². The third kappa shape index (κ3) is 4.04. The third-order valence-electron chi connectivity index (χ3n) is 4.50. The van der Waals surface area contributed by atoms with Gasteiger partial charge in [0, 0.05) is 38.3 Å². The summed E-state index contributed by atoms with van der Waals surface area (Å²) in [6, 6.07) is 8.03. The monoisotopic (exact) mass is 411 g/mol. The summed E-state index contributed by atoms with van der Waals surface area (Å²) < 4.78 is 29.6. The van der Waals surface area contributed by atoms with Gasteiger partial charge >= 0.3 is 6.03 Å². The molecule has 0 fully saturated rings. The first-order valence-corrected chi connectivity index (χ1v) is 9.05.